The summed E-state index contributed by atoms with van der Waals surface area (Å²) in [5, 5.41) is 9.79. The van der Waals surface area contributed by atoms with E-state index >= 15 is 0 Å². The van der Waals surface area contributed by atoms with Gasteiger partial charge in [-0.2, -0.15) is 18.4 Å². The molecule has 0 saturated carbocycles. The fraction of sp³-hybridized carbons (Fsp3) is 0.176. The summed E-state index contributed by atoms with van der Waals surface area (Å²) in [6.45, 7) is 3.59. The summed E-state index contributed by atoms with van der Waals surface area (Å²) in [6, 6.07) is 24.3. The molecule has 44 heavy (non-hydrogen) atoms. The molecule has 1 aromatic heterocycles. The van der Waals surface area contributed by atoms with Gasteiger partial charge in [-0.1, -0.05) is 48.0 Å². The minimum atomic E-state index is -4.87. The second kappa shape index (κ2) is 12.1. The van der Waals surface area contributed by atoms with Crippen molar-refractivity contribution in [1.29, 1.82) is 5.26 Å². The third kappa shape index (κ3) is 6.22. The molecule has 0 aliphatic carbocycles. The van der Waals surface area contributed by atoms with Gasteiger partial charge in [0.05, 0.1) is 46.2 Å². The van der Waals surface area contributed by atoms with E-state index in [2.05, 4.69) is 6.07 Å². The van der Waals surface area contributed by atoms with Crippen molar-refractivity contribution in [2.45, 2.75) is 39.0 Å². The van der Waals surface area contributed by atoms with Crippen molar-refractivity contribution in [3.63, 3.8) is 0 Å². The number of aryl methyl sites for hydroxylation is 1. The third-order valence-corrected chi connectivity index (χ3v) is 7.36. The first-order valence-electron chi connectivity index (χ1n) is 13.7. The first-order chi connectivity index (χ1) is 21.0. The van der Waals surface area contributed by atoms with E-state index in [9.17, 15) is 32.4 Å². The second-order valence-corrected chi connectivity index (χ2v) is 10.5. The van der Waals surface area contributed by atoms with Crippen LogP contribution < -0.4 is 5.56 Å². The van der Waals surface area contributed by atoms with Gasteiger partial charge in [-0.25, -0.2) is 9.37 Å². The Balaban J connectivity index is 1.63. The Kier molecular flexibility index (Phi) is 8.32. The predicted molar refractivity (Wildman–Crippen MR) is 157 cm³/mol. The Bertz CT molecular complexity index is 1960. The molecule has 5 aromatic rings. The lowest BCUT2D eigenvalue weighted by atomic mass is 10.0. The standard InChI is InChI=1S/C34H26F4N4O2/c1-21-10-13-26(14-11-21)42-32(40-30-9-4-3-8-27(30)33(42)44)22(2)41(20-25-7-5-6-24(16-25)19-39)31(43)18-23-12-15-28(29(35)17-23)34(36,37)38/h3-17,22H,18,20H2,1-2H3/t22-/m1/s1. The quantitative estimate of drug-likeness (QED) is 0.188. The topological polar surface area (TPSA) is 79.0 Å². The summed E-state index contributed by atoms with van der Waals surface area (Å²) in [5.74, 6) is -1.77. The molecule has 0 radical (unpaired) electrons. The number of benzene rings is 4. The first kappa shape index (κ1) is 30.2. The highest BCUT2D eigenvalue weighted by atomic mass is 19.4. The summed E-state index contributed by atoms with van der Waals surface area (Å²) >= 11 is 0. The van der Waals surface area contributed by atoms with Gasteiger partial charge in [-0.3, -0.25) is 14.2 Å². The summed E-state index contributed by atoms with van der Waals surface area (Å²) in [5.41, 5.74) is 1.19. The van der Waals surface area contributed by atoms with Crippen LogP contribution in [0.2, 0.25) is 0 Å². The van der Waals surface area contributed by atoms with Crippen LogP contribution in [0.15, 0.2) is 95.8 Å². The SMILES string of the molecule is Cc1ccc(-n2c([C@@H](C)N(Cc3cccc(C#N)c3)C(=O)Cc3ccc(C(F)(F)F)c(F)c3)nc3ccccc3c2=O)cc1. The summed E-state index contributed by atoms with van der Waals surface area (Å²) < 4.78 is 55.2. The van der Waals surface area contributed by atoms with Crippen molar-refractivity contribution < 1.29 is 22.4 Å². The normalized spacial score (nSPS) is 12.1. The van der Waals surface area contributed by atoms with E-state index in [0.29, 0.717) is 39.8 Å². The zero-order valence-electron chi connectivity index (χ0n) is 23.8. The van der Waals surface area contributed by atoms with Crippen molar-refractivity contribution in [1.82, 2.24) is 14.5 Å². The predicted octanol–water partition coefficient (Wildman–Crippen LogP) is 7.06. The molecule has 1 amide bonds. The molecule has 0 bridgehead atoms. The smallest absolute Gasteiger partial charge is 0.328 e. The number of carbonyl (C=O) groups excluding carboxylic acids is 1. The van der Waals surface area contributed by atoms with Crippen molar-refractivity contribution in [3.05, 3.63) is 141 Å². The number of para-hydroxylation sites is 1. The highest BCUT2D eigenvalue weighted by Crippen LogP contribution is 2.32. The lowest BCUT2D eigenvalue weighted by molar-refractivity contribution is -0.140. The number of carbonyl (C=O) groups is 1. The molecule has 10 heteroatoms. The number of nitrogens with zero attached hydrogens (tertiary/aromatic N) is 4. The largest absolute Gasteiger partial charge is 0.419 e. The van der Waals surface area contributed by atoms with Crippen molar-refractivity contribution >= 4 is 16.8 Å². The zero-order valence-corrected chi connectivity index (χ0v) is 23.8. The summed E-state index contributed by atoms with van der Waals surface area (Å²) in [6.07, 6.45) is -5.29. The van der Waals surface area contributed by atoms with Gasteiger partial charge in [0.25, 0.3) is 5.56 Å². The number of hydrogen-bond donors (Lipinski definition) is 0. The van der Waals surface area contributed by atoms with Crippen molar-refractivity contribution in [3.8, 4) is 11.8 Å². The molecule has 1 heterocycles. The second-order valence-electron chi connectivity index (χ2n) is 10.5. The molecule has 6 nitrogen and oxygen atoms in total. The highest BCUT2D eigenvalue weighted by molar-refractivity contribution is 5.80. The monoisotopic (exact) mass is 598 g/mol. The van der Waals surface area contributed by atoms with E-state index in [1.807, 2.05) is 19.1 Å². The van der Waals surface area contributed by atoms with Crippen molar-refractivity contribution in [2.24, 2.45) is 0 Å². The van der Waals surface area contributed by atoms with E-state index < -0.39 is 35.9 Å². The first-order valence-corrected chi connectivity index (χ1v) is 13.7. The Hall–Kier alpha value is -5.30. The lowest BCUT2D eigenvalue weighted by Crippen LogP contribution is -2.38. The van der Waals surface area contributed by atoms with Crippen LogP contribution in [0, 0.1) is 24.1 Å². The Morgan fingerprint density at radius 1 is 0.977 bits per heavy atom. The summed E-state index contributed by atoms with van der Waals surface area (Å²) in [7, 11) is 0. The molecule has 0 unspecified atom stereocenters. The van der Waals surface area contributed by atoms with Crippen LogP contribution in [0.1, 0.15) is 46.6 Å². The lowest BCUT2D eigenvalue weighted by Gasteiger charge is -2.31. The number of rotatable bonds is 7. The van der Waals surface area contributed by atoms with Gasteiger partial charge in [0.2, 0.25) is 5.91 Å². The van der Waals surface area contributed by atoms with E-state index in [-0.39, 0.29) is 23.5 Å². The molecule has 1 atom stereocenters. The Morgan fingerprint density at radius 2 is 1.70 bits per heavy atom. The molecular weight excluding hydrogens is 572 g/mol. The maximum atomic E-state index is 14.4. The van der Waals surface area contributed by atoms with Crippen LogP contribution in [-0.2, 0) is 23.9 Å². The van der Waals surface area contributed by atoms with E-state index in [0.717, 1.165) is 11.6 Å². The van der Waals surface area contributed by atoms with E-state index in [1.165, 1.54) is 9.47 Å². The van der Waals surface area contributed by atoms with Gasteiger partial charge in [0.15, 0.2) is 0 Å². The van der Waals surface area contributed by atoms with Gasteiger partial charge in [0, 0.05) is 6.54 Å². The fourth-order valence-corrected chi connectivity index (χ4v) is 5.06. The maximum Gasteiger partial charge on any atom is 0.419 e. The van der Waals surface area contributed by atoms with E-state index in [1.54, 1.807) is 67.6 Å². The molecule has 4 aromatic carbocycles. The maximum absolute atomic E-state index is 14.4. The van der Waals surface area contributed by atoms with Crippen LogP contribution in [0.25, 0.3) is 16.6 Å². The molecule has 5 rings (SSSR count). The van der Waals surface area contributed by atoms with E-state index in [4.69, 9.17) is 4.98 Å². The van der Waals surface area contributed by atoms with Crippen LogP contribution in [-0.4, -0.2) is 20.4 Å². The van der Waals surface area contributed by atoms with Gasteiger partial charge in [0.1, 0.15) is 11.6 Å². The number of aromatic nitrogens is 2. The molecule has 0 fully saturated rings. The van der Waals surface area contributed by atoms with Crippen LogP contribution in [0.4, 0.5) is 17.6 Å². The average Bonchev–Trinajstić information content (AvgIpc) is 2.99. The van der Waals surface area contributed by atoms with Crippen LogP contribution in [0.5, 0.6) is 0 Å². The van der Waals surface area contributed by atoms with Crippen LogP contribution in [0.3, 0.4) is 0 Å². The van der Waals surface area contributed by atoms with Gasteiger partial charge < -0.3 is 4.90 Å². The number of halogens is 4. The van der Waals surface area contributed by atoms with Gasteiger partial charge >= 0.3 is 6.18 Å². The molecule has 222 valence electrons. The minimum absolute atomic E-state index is 0.0186. The number of alkyl halides is 3. The Labute approximate surface area is 250 Å². The summed E-state index contributed by atoms with van der Waals surface area (Å²) in [4.78, 5) is 34.0. The van der Waals surface area contributed by atoms with Gasteiger partial charge in [-0.05, 0) is 73.5 Å². The molecular formula is C34H26F4N4O2. The van der Waals surface area contributed by atoms with Crippen molar-refractivity contribution in [2.75, 3.05) is 0 Å². The molecule has 0 spiro atoms. The van der Waals surface area contributed by atoms with Crippen LogP contribution >= 0.6 is 0 Å². The Morgan fingerprint density at radius 3 is 2.39 bits per heavy atom. The number of fused-ring (bicyclic) bond motifs is 1. The number of hydrogen-bond acceptors (Lipinski definition) is 4. The number of amides is 1. The number of nitriles is 1. The highest BCUT2D eigenvalue weighted by Gasteiger charge is 2.34. The molecule has 0 aliphatic heterocycles. The molecule has 0 N–H and O–H groups in total. The van der Waals surface area contributed by atoms with Gasteiger partial charge in [-0.15, -0.1) is 0 Å². The zero-order chi connectivity index (χ0) is 31.6. The third-order valence-electron chi connectivity index (χ3n) is 7.36. The fourth-order valence-electron chi connectivity index (χ4n) is 5.06. The molecule has 0 saturated heterocycles. The average molecular weight is 599 g/mol. The molecule has 0 aliphatic rings. The minimum Gasteiger partial charge on any atom is -0.328 e.